The molecule has 272 valence electrons. The van der Waals surface area contributed by atoms with Crippen molar-refractivity contribution in [3.63, 3.8) is 0 Å². The van der Waals surface area contributed by atoms with Crippen LogP contribution >= 0.6 is 0 Å². The zero-order valence-electron chi connectivity index (χ0n) is 31.8. The maximum absolute atomic E-state index is 2.39. The number of fused-ring (bicyclic) bond motifs is 6. The highest BCUT2D eigenvalue weighted by Crippen LogP contribution is 2.43. The predicted octanol–water partition coefficient (Wildman–Crippen LogP) is 15.6. The van der Waals surface area contributed by atoms with Gasteiger partial charge in [0.05, 0.1) is 11.0 Å². The van der Waals surface area contributed by atoms with E-state index in [4.69, 9.17) is 0 Å². The Bertz CT molecular complexity index is 3270. The lowest BCUT2D eigenvalue weighted by molar-refractivity contribution is 1.18. The van der Waals surface area contributed by atoms with Gasteiger partial charge in [0.2, 0.25) is 0 Å². The van der Waals surface area contributed by atoms with Gasteiger partial charge >= 0.3 is 0 Å². The molecule has 0 atom stereocenters. The molecule has 0 saturated carbocycles. The smallest absolute Gasteiger partial charge is 0.0547 e. The van der Waals surface area contributed by atoms with Crippen LogP contribution in [-0.4, -0.2) is 4.57 Å². The summed E-state index contributed by atoms with van der Waals surface area (Å²) in [7, 11) is 0. The van der Waals surface area contributed by atoms with Gasteiger partial charge in [-0.1, -0.05) is 164 Å². The van der Waals surface area contributed by atoms with E-state index >= 15 is 0 Å². The number of rotatable bonds is 7. The van der Waals surface area contributed by atoms with Gasteiger partial charge in [-0.25, -0.2) is 0 Å². The summed E-state index contributed by atoms with van der Waals surface area (Å²) >= 11 is 0. The van der Waals surface area contributed by atoms with Crippen LogP contribution in [0.15, 0.2) is 231 Å². The first-order valence-corrected chi connectivity index (χ1v) is 19.9. The minimum atomic E-state index is 1.09. The summed E-state index contributed by atoms with van der Waals surface area (Å²) in [6.45, 7) is 0. The zero-order valence-corrected chi connectivity index (χ0v) is 31.8. The maximum atomic E-state index is 2.39. The van der Waals surface area contributed by atoms with Crippen LogP contribution in [0.5, 0.6) is 0 Å². The number of nitrogens with zero attached hydrogens (tertiary/aromatic N) is 2. The highest BCUT2D eigenvalue weighted by atomic mass is 15.1. The van der Waals surface area contributed by atoms with Gasteiger partial charge in [-0.3, -0.25) is 0 Å². The van der Waals surface area contributed by atoms with Crippen molar-refractivity contribution >= 4 is 60.4 Å². The molecule has 11 rings (SSSR count). The highest BCUT2D eigenvalue weighted by molar-refractivity contribution is 6.16. The molecule has 2 heteroatoms. The van der Waals surface area contributed by atoms with Crippen LogP contribution in [-0.2, 0) is 0 Å². The van der Waals surface area contributed by atoms with E-state index in [0.29, 0.717) is 0 Å². The fourth-order valence-corrected chi connectivity index (χ4v) is 8.91. The van der Waals surface area contributed by atoms with Gasteiger partial charge in [-0.05, 0) is 122 Å². The van der Waals surface area contributed by atoms with Crippen molar-refractivity contribution in [2.45, 2.75) is 0 Å². The molecule has 0 N–H and O–H groups in total. The van der Waals surface area contributed by atoms with Crippen LogP contribution in [0.1, 0.15) is 0 Å². The minimum Gasteiger partial charge on any atom is -0.310 e. The molecule has 0 aliphatic carbocycles. The van der Waals surface area contributed by atoms with Gasteiger partial charge in [0.25, 0.3) is 0 Å². The monoisotopic (exact) mass is 738 g/mol. The second-order valence-electron chi connectivity index (χ2n) is 14.9. The van der Waals surface area contributed by atoms with E-state index in [0.717, 1.165) is 22.7 Å². The van der Waals surface area contributed by atoms with Gasteiger partial charge in [0, 0.05) is 33.5 Å². The van der Waals surface area contributed by atoms with E-state index in [1.54, 1.807) is 0 Å². The maximum Gasteiger partial charge on any atom is 0.0547 e. The molecule has 0 spiro atoms. The molecule has 1 aromatic heterocycles. The number of aromatic nitrogens is 1. The quantitative estimate of drug-likeness (QED) is 0.148. The van der Waals surface area contributed by atoms with Crippen LogP contribution in [0.4, 0.5) is 17.1 Å². The summed E-state index contributed by atoms with van der Waals surface area (Å²) in [5.74, 6) is 0. The lowest BCUT2D eigenvalue weighted by atomic mass is 9.93. The highest BCUT2D eigenvalue weighted by Gasteiger charge is 2.19. The number of para-hydroxylation sites is 2. The van der Waals surface area contributed by atoms with Crippen LogP contribution in [0.25, 0.3) is 82.4 Å². The molecule has 0 bridgehead atoms. The molecule has 0 saturated heterocycles. The van der Waals surface area contributed by atoms with Crippen molar-refractivity contribution in [3.8, 4) is 39.1 Å². The first kappa shape index (κ1) is 33.6. The third-order valence-corrected chi connectivity index (χ3v) is 11.5. The molecule has 1 heterocycles. The number of hydrogen-bond donors (Lipinski definition) is 0. The van der Waals surface area contributed by atoms with Crippen molar-refractivity contribution in [2.75, 3.05) is 4.90 Å². The summed E-state index contributed by atoms with van der Waals surface area (Å²) in [6, 6.07) is 83.6. The van der Waals surface area contributed by atoms with Gasteiger partial charge in [0.15, 0.2) is 0 Å². The van der Waals surface area contributed by atoms with E-state index in [9.17, 15) is 0 Å². The molecule has 2 nitrogen and oxygen atoms in total. The lowest BCUT2D eigenvalue weighted by Crippen LogP contribution is -2.10. The molecule has 0 unspecified atom stereocenters. The number of hydrogen-bond acceptors (Lipinski definition) is 1. The molecule has 0 fully saturated rings. The van der Waals surface area contributed by atoms with Gasteiger partial charge < -0.3 is 9.47 Å². The average molecular weight is 739 g/mol. The number of anilines is 3. The Hall–Kier alpha value is -7.68. The molecule has 0 aliphatic rings. The molecule has 10 aromatic carbocycles. The Balaban J connectivity index is 1.08. The normalized spacial score (nSPS) is 11.4. The minimum absolute atomic E-state index is 1.09. The van der Waals surface area contributed by atoms with E-state index in [1.165, 1.54) is 76.7 Å². The molecule has 0 aliphatic heterocycles. The van der Waals surface area contributed by atoms with E-state index in [1.807, 2.05) is 0 Å². The molecule has 58 heavy (non-hydrogen) atoms. The van der Waals surface area contributed by atoms with E-state index in [-0.39, 0.29) is 0 Å². The average Bonchev–Trinajstić information content (AvgIpc) is 3.65. The SMILES string of the molecule is c1ccc(-c2cccc(N(c3ccc(-c4cc5ccccc5c5ccccc45)cc3)c3cccc(-c4cccc5c4c4ccccc4n5-c4ccccc4)c3)c2)cc1. The largest absolute Gasteiger partial charge is 0.310 e. The zero-order chi connectivity index (χ0) is 38.4. The summed E-state index contributed by atoms with van der Waals surface area (Å²) in [6.07, 6.45) is 0. The van der Waals surface area contributed by atoms with Gasteiger partial charge in [0.1, 0.15) is 0 Å². The van der Waals surface area contributed by atoms with E-state index < -0.39 is 0 Å². The lowest BCUT2D eigenvalue weighted by Gasteiger charge is -2.27. The summed E-state index contributed by atoms with van der Waals surface area (Å²) in [5, 5.41) is 7.56. The number of benzene rings is 10. The Labute approximate surface area is 338 Å². The molecule has 0 radical (unpaired) electrons. The first-order valence-electron chi connectivity index (χ1n) is 19.9. The standard InChI is InChI=1S/C56H38N2/c1-3-16-39(17-4-1)41-19-13-23-46(36-41)57(45-34-32-40(33-35-45)53-38-43-18-7-8-25-48(43)50-26-9-10-27-51(50)53)47-24-14-20-42(37-47)49-29-15-31-55-56(49)52-28-11-12-30-54(52)58(55)44-21-5-2-6-22-44/h1-38H. The molecule has 11 aromatic rings. The third kappa shape index (κ3) is 5.74. The molecular weight excluding hydrogens is 701 g/mol. The first-order chi connectivity index (χ1) is 28.8. The third-order valence-electron chi connectivity index (χ3n) is 11.5. The fourth-order valence-electron chi connectivity index (χ4n) is 8.91. The van der Waals surface area contributed by atoms with Crippen molar-refractivity contribution in [1.29, 1.82) is 0 Å². The van der Waals surface area contributed by atoms with Crippen LogP contribution < -0.4 is 4.90 Å². The molecule has 0 amide bonds. The van der Waals surface area contributed by atoms with Crippen molar-refractivity contribution in [1.82, 2.24) is 4.57 Å². The van der Waals surface area contributed by atoms with Crippen molar-refractivity contribution < 1.29 is 0 Å². The van der Waals surface area contributed by atoms with Crippen molar-refractivity contribution in [3.05, 3.63) is 231 Å². The Morgan fingerprint density at radius 3 is 1.64 bits per heavy atom. The summed E-state index contributed by atoms with van der Waals surface area (Å²) in [5.41, 5.74) is 14.0. The summed E-state index contributed by atoms with van der Waals surface area (Å²) in [4.78, 5) is 2.39. The Kier molecular flexibility index (Phi) is 8.19. The predicted molar refractivity (Wildman–Crippen MR) is 247 cm³/mol. The van der Waals surface area contributed by atoms with Crippen molar-refractivity contribution in [2.24, 2.45) is 0 Å². The summed E-state index contributed by atoms with van der Waals surface area (Å²) < 4.78 is 2.39. The fraction of sp³-hybridized carbons (Fsp3) is 0. The second-order valence-corrected chi connectivity index (χ2v) is 14.9. The van der Waals surface area contributed by atoms with Gasteiger partial charge in [-0.2, -0.15) is 0 Å². The van der Waals surface area contributed by atoms with Crippen LogP contribution in [0, 0.1) is 0 Å². The van der Waals surface area contributed by atoms with Crippen LogP contribution in [0.2, 0.25) is 0 Å². The van der Waals surface area contributed by atoms with Gasteiger partial charge in [-0.15, -0.1) is 0 Å². The molecular formula is C56H38N2. The van der Waals surface area contributed by atoms with E-state index in [2.05, 4.69) is 240 Å². The Morgan fingerprint density at radius 1 is 0.293 bits per heavy atom. The Morgan fingerprint density at radius 2 is 0.862 bits per heavy atom. The topological polar surface area (TPSA) is 8.17 Å². The second kappa shape index (κ2) is 14.1. The van der Waals surface area contributed by atoms with Crippen LogP contribution in [0.3, 0.4) is 0 Å².